The number of nitrogens with two attached hydrogens (primary N) is 1. The van der Waals surface area contributed by atoms with Gasteiger partial charge in [0.25, 0.3) is 0 Å². The van der Waals surface area contributed by atoms with Gasteiger partial charge in [-0.1, -0.05) is 40.2 Å². The van der Waals surface area contributed by atoms with Gasteiger partial charge in [0, 0.05) is 10.5 Å². The zero-order valence-electron chi connectivity index (χ0n) is 11.3. The van der Waals surface area contributed by atoms with E-state index < -0.39 is 0 Å². The Labute approximate surface area is 128 Å². The fourth-order valence-corrected chi connectivity index (χ4v) is 2.45. The first-order valence-electron chi connectivity index (χ1n) is 6.97. The van der Waals surface area contributed by atoms with Crippen LogP contribution < -0.4 is 10.5 Å². The minimum Gasteiger partial charge on any atom is -0.490 e. The Bertz CT molecular complexity index is 578. The zero-order valence-corrected chi connectivity index (χ0v) is 12.8. The molecule has 0 aromatic heterocycles. The Morgan fingerprint density at radius 1 is 1.15 bits per heavy atom. The minimum absolute atomic E-state index is 0.000992. The first kappa shape index (κ1) is 13.7. The first-order valence-corrected chi connectivity index (χ1v) is 7.76. The smallest absolute Gasteiger partial charge is 0.120 e. The van der Waals surface area contributed by atoms with Crippen molar-refractivity contribution < 1.29 is 4.74 Å². The molecule has 104 valence electrons. The van der Waals surface area contributed by atoms with Gasteiger partial charge in [-0.05, 0) is 54.7 Å². The van der Waals surface area contributed by atoms with Crippen LogP contribution >= 0.6 is 15.9 Å². The fourth-order valence-electron chi connectivity index (χ4n) is 2.19. The van der Waals surface area contributed by atoms with Gasteiger partial charge in [-0.25, -0.2) is 0 Å². The van der Waals surface area contributed by atoms with E-state index in [-0.39, 0.29) is 6.04 Å². The summed E-state index contributed by atoms with van der Waals surface area (Å²) in [5.74, 6) is 0.941. The van der Waals surface area contributed by atoms with Crippen molar-refractivity contribution in [3.05, 3.63) is 64.1 Å². The van der Waals surface area contributed by atoms with Gasteiger partial charge in [-0.3, -0.25) is 0 Å². The van der Waals surface area contributed by atoms with Gasteiger partial charge in [0.15, 0.2) is 0 Å². The van der Waals surface area contributed by atoms with E-state index in [0.29, 0.717) is 6.10 Å². The summed E-state index contributed by atoms with van der Waals surface area (Å²) >= 11 is 3.45. The molecular weight excluding hydrogens is 314 g/mol. The number of halogens is 1. The Morgan fingerprint density at radius 3 is 2.60 bits per heavy atom. The summed E-state index contributed by atoms with van der Waals surface area (Å²) in [5.41, 5.74) is 8.69. The van der Waals surface area contributed by atoms with Crippen molar-refractivity contribution in [3.63, 3.8) is 0 Å². The van der Waals surface area contributed by atoms with Crippen LogP contribution in [-0.2, 0) is 6.42 Å². The predicted octanol–water partition coefficient (Wildman–Crippen LogP) is 4.23. The van der Waals surface area contributed by atoms with E-state index in [1.807, 2.05) is 12.1 Å². The van der Waals surface area contributed by atoms with E-state index in [1.165, 1.54) is 18.4 Å². The van der Waals surface area contributed by atoms with Crippen LogP contribution in [0.25, 0.3) is 0 Å². The van der Waals surface area contributed by atoms with Crippen LogP contribution in [0.2, 0.25) is 0 Å². The van der Waals surface area contributed by atoms with Crippen LogP contribution in [0.15, 0.2) is 53.0 Å². The Balaban J connectivity index is 1.69. The number of ether oxygens (including phenoxy) is 1. The van der Waals surface area contributed by atoms with Gasteiger partial charge in [-0.15, -0.1) is 0 Å². The monoisotopic (exact) mass is 331 g/mol. The first-order chi connectivity index (χ1) is 9.70. The molecule has 3 rings (SSSR count). The molecule has 0 heterocycles. The van der Waals surface area contributed by atoms with Gasteiger partial charge in [0.05, 0.1) is 6.10 Å². The molecule has 2 aromatic rings. The van der Waals surface area contributed by atoms with E-state index in [0.717, 1.165) is 22.2 Å². The molecule has 20 heavy (non-hydrogen) atoms. The number of benzene rings is 2. The van der Waals surface area contributed by atoms with E-state index in [9.17, 15) is 0 Å². The van der Waals surface area contributed by atoms with Crippen molar-refractivity contribution in [1.29, 1.82) is 0 Å². The maximum absolute atomic E-state index is 6.31. The van der Waals surface area contributed by atoms with Crippen LogP contribution in [0.4, 0.5) is 0 Å². The highest BCUT2D eigenvalue weighted by molar-refractivity contribution is 9.10. The lowest BCUT2D eigenvalue weighted by molar-refractivity contribution is 0.302. The number of hydrogen-bond donors (Lipinski definition) is 1. The largest absolute Gasteiger partial charge is 0.490 e. The molecule has 1 fully saturated rings. The van der Waals surface area contributed by atoms with Crippen LogP contribution in [0.1, 0.15) is 30.0 Å². The molecule has 2 aromatic carbocycles. The second-order valence-electron chi connectivity index (χ2n) is 5.33. The van der Waals surface area contributed by atoms with E-state index >= 15 is 0 Å². The molecule has 0 saturated heterocycles. The highest BCUT2D eigenvalue weighted by Gasteiger charge is 2.23. The second-order valence-corrected chi connectivity index (χ2v) is 6.24. The molecule has 1 atom stereocenters. The summed E-state index contributed by atoms with van der Waals surface area (Å²) in [5, 5.41) is 0. The van der Waals surface area contributed by atoms with Crippen molar-refractivity contribution in [1.82, 2.24) is 0 Å². The Kier molecular flexibility index (Phi) is 4.08. The lowest BCUT2D eigenvalue weighted by Gasteiger charge is -2.14. The SMILES string of the molecule is NC(Cc1ccc(Br)cc1)c1cccc(OC2CC2)c1. The minimum atomic E-state index is -0.000992. The molecule has 0 amide bonds. The summed E-state index contributed by atoms with van der Waals surface area (Å²) in [6, 6.07) is 16.5. The zero-order chi connectivity index (χ0) is 13.9. The molecule has 1 aliphatic carbocycles. The molecule has 2 nitrogen and oxygen atoms in total. The maximum Gasteiger partial charge on any atom is 0.120 e. The summed E-state index contributed by atoms with van der Waals surface area (Å²) in [4.78, 5) is 0. The average Bonchev–Trinajstić information content (AvgIpc) is 3.25. The molecule has 1 aliphatic rings. The molecule has 2 N–H and O–H groups in total. The summed E-state index contributed by atoms with van der Waals surface area (Å²) in [6.07, 6.45) is 3.61. The third kappa shape index (κ3) is 3.62. The van der Waals surface area contributed by atoms with Gasteiger partial charge in [0.1, 0.15) is 5.75 Å². The number of hydrogen-bond acceptors (Lipinski definition) is 2. The quantitative estimate of drug-likeness (QED) is 0.889. The predicted molar refractivity (Wildman–Crippen MR) is 84.9 cm³/mol. The van der Waals surface area contributed by atoms with Crippen LogP contribution in [-0.4, -0.2) is 6.10 Å². The van der Waals surface area contributed by atoms with Crippen molar-refractivity contribution in [2.75, 3.05) is 0 Å². The second kappa shape index (κ2) is 5.98. The van der Waals surface area contributed by atoms with Gasteiger partial charge >= 0.3 is 0 Å². The third-order valence-corrected chi connectivity index (χ3v) is 4.01. The Morgan fingerprint density at radius 2 is 1.90 bits per heavy atom. The van der Waals surface area contributed by atoms with Crippen LogP contribution in [0.3, 0.4) is 0 Å². The maximum atomic E-state index is 6.31. The van der Waals surface area contributed by atoms with E-state index in [1.54, 1.807) is 0 Å². The highest BCUT2D eigenvalue weighted by atomic mass is 79.9. The molecule has 1 unspecified atom stereocenters. The van der Waals surface area contributed by atoms with Crippen LogP contribution in [0.5, 0.6) is 5.75 Å². The van der Waals surface area contributed by atoms with Gasteiger partial charge in [-0.2, -0.15) is 0 Å². The van der Waals surface area contributed by atoms with Crippen molar-refractivity contribution >= 4 is 15.9 Å². The molecule has 3 heteroatoms. The summed E-state index contributed by atoms with van der Waals surface area (Å²) < 4.78 is 6.91. The fraction of sp³-hybridized carbons (Fsp3) is 0.294. The van der Waals surface area contributed by atoms with E-state index in [4.69, 9.17) is 10.5 Å². The Hall–Kier alpha value is -1.32. The topological polar surface area (TPSA) is 35.2 Å². The molecule has 0 bridgehead atoms. The third-order valence-electron chi connectivity index (χ3n) is 3.48. The molecule has 0 aliphatic heterocycles. The highest BCUT2D eigenvalue weighted by Crippen LogP contribution is 2.28. The molecule has 1 saturated carbocycles. The van der Waals surface area contributed by atoms with Crippen molar-refractivity contribution in [3.8, 4) is 5.75 Å². The lowest BCUT2D eigenvalue weighted by atomic mass is 9.99. The summed E-state index contributed by atoms with van der Waals surface area (Å²) in [6.45, 7) is 0. The number of rotatable bonds is 5. The molecular formula is C17H18BrNO. The molecule has 0 radical (unpaired) electrons. The average molecular weight is 332 g/mol. The van der Waals surface area contributed by atoms with Crippen molar-refractivity contribution in [2.24, 2.45) is 5.73 Å². The van der Waals surface area contributed by atoms with Gasteiger partial charge in [0.2, 0.25) is 0 Å². The lowest BCUT2D eigenvalue weighted by Crippen LogP contribution is -2.13. The molecule has 0 spiro atoms. The van der Waals surface area contributed by atoms with Crippen molar-refractivity contribution in [2.45, 2.75) is 31.4 Å². The standard InChI is InChI=1S/C17H18BrNO/c18-14-6-4-12(5-7-14)10-17(19)13-2-1-3-16(11-13)20-15-8-9-15/h1-7,11,15,17H,8-10,19H2. The van der Waals surface area contributed by atoms with Gasteiger partial charge < -0.3 is 10.5 Å². The summed E-state index contributed by atoms with van der Waals surface area (Å²) in [7, 11) is 0. The normalized spacial score (nSPS) is 15.9. The van der Waals surface area contributed by atoms with E-state index in [2.05, 4.69) is 52.3 Å². The van der Waals surface area contributed by atoms with Crippen LogP contribution in [0, 0.1) is 0 Å².